The molecular formula is C5H9O6P. The van der Waals surface area contributed by atoms with Crippen LogP contribution in [0.1, 0.15) is 6.92 Å². The molecule has 0 saturated heterocycles. The van der Waals surface area contributed by atoms with Crippen molar-refractivity contribution in [3.05, 3.63) is 0 Å². The molecule has 0 aromatic rings. The Hall–Kier alpha value is -0.390. The first-order chi connectivity index (χ1) is 5.40. The third kappa shape index (κ3) is 3.85. The molecule has 3 atom stereocenters. The minimum absolute atomic E-state index is 0.110. The molecule has 2 N–H and O–H groups in total. The van der Waals surface area contributed by atoms with E-state index in [1.54, 1.807) is 0 Å². The fourth-order valence-electron chi connectivity index (χ4n) is 0.379. The summed E-state index contributed by atoms with van der Waals surface area (Å²) in [4.78, 5) is 19.9. The van der Waals surface area contributed by atoms with Gasteiger partial charge in [-0.3, -0.25) is 0 Å². The molecule has 0 aliphatic heterocycles. The SMILES string of the molecule is CC(O)(C=O)C(O)CO[P+](=O)[O-]. The summed E-state index contributed by atoms with van der Waals surface area (Å²) in [6.45, 7) is 0.413. The van der Waals surface area contributed by atoms with Gasteiger partial charge in [-0.2, -0.15) is 0 Å². The Morgan fingerprint density at radius 1 is 1.83 bits per heavy atom. The van der Waals surface area contributed by atoms with Gasteiger partial charge < -0.3 is 19.9 Å². The molecule has 70 valence electrons. The molecule has 0 aliphatic carbocycles. The van der Waals surface area contributed by atoms with Crippen LogP contribution in [0.4, 0.5) is 0 Å². The van der Waals surface area contributed by atoms with Crippen LogP contribution in [-0.2, 0) is 13.9 Å². The second-order valence-corrected chi connectivity index (χ2v) is 3.08. The van der Waals surface area contributed by atoms with Crippen LogP contribution < -0.4 is 4.89 Å². The molecule has 3 unspecified atom stereocenters. The highest BCUT2D eigenvalue weighted by Crippen LogP contribution is 2.13. The Balaban J connectivity index is 3.94. The van der Waals surface area contributed by atoms with E-state index in [0.717, 1.165) is 6.92 Å². The van der Waals surface area contributed by atoms with Gasteiger partial charge in [0.1, 0.15) is 18.3 Å². The molecule has 0 saturated carbocycles. The summed E-state index contributed by atoms with van der Waals surface area (Å²) in [7, 11) is -3.07. The van der Waals surface area contributed by atoms with Crippen LogP contribution in [0.15, 0.2) is 0 Å². The zero-order valence-corrected chi connectivity index (χ0v) is 7.23. The Labute approximate surface area is 69.7 Å². The van der Waals surface area contributed by atoms with Crippen LogP contribution in [-0.4, -0.2) is 34.8 Å². The van der Waals surface area contributed by atoms with E-state index in [4.69, 9.17) is 10.2 Å². The first-order valence-corrected chi connectivity index (χ1v) is 4.13. The molecule has 0 heterocycles. The van der Waals surface area contributed by atoms with Crippen LogP contribution in [0.3, 0.4) is 0 Å². The molecule has 0 fully saturated rings. The lowest BCUT2D eigenvalue weighted by atomic mass is 10.0. The number of aliphatic hydroxyl groups is 2. The van der Waals surface area contributed by atoms with E-state index in [1.807, 2.05) is 0 Å². The van der Waals surface area contributed by atoms with Crippen LogP contribution >= 0.6 is 8.25 Å². The number of carbonyl (C=O) groups excluding carboxylic acids is 1. The number of rotatable bonds is 5. The fraction of sp³-hybridized carbons (Fsp3) is 0.800. The molecule has 0 amide bonds. The number of aliphatic hydroxyl groups excluding tert-OH is 1. The standard InChI is InChI=1S/C5H9O6P/c1-5(8,3-6)4(7)2-11-12(9)10/h3-4,7-8H,2H2,1H3. The summed E-state index contributed by atoms with van der Waals surface area (Å²) >= 11 is 0. The Morgan fingerprint density at radius 3 is 2.67 bits per heavy atom. The van der Waals surface area contributed by atoms with Crippen molar-refractivity contribution in [2.75, 3.05) is 6.61 Å². The average molecular weight is 196 g/mol. The van der Waals surface area contributed by atoms with Crippen molar-refractivity contribution in [1.82, 2.24) is 0 Å². The molecule has 7 heteroatoms. The predicted molar refractivity (Wildman–Crippen MR) is 36.3 cm³/mol. The van der Waals surface area contributed by atoms with Crippen molar-refractivity contribution in [2.24, 2.45) is 0 Å². The minimum atomic E-state index is -3.07. The first-order valence-electron chi connectivity index (χ1n) is 3.04. The van der Waals surface area contributed by atoms with Gasteiger partial charge in [-0.05, 0) is 11.5 Å². The van der Waals surface area contributed by atoms with E-state index in [1.165, 1.54) is 0 Å². The average Bonchev–Trinajstić information content (AvgIpc) is 2.00. The van der Waals surface area contributed by atoms with Crippen LogP contribution in [0.25, 0.3) is 0 Å². The van der Waals surface area contributed by atoms with Crippen LogP contribution in [0.5, 0.6) is 0 Å². The van der Waals surface area contributed by atoms with Gasteiger partial charge in [0, 0.05) is 0 Å². The van der Waals surface area contributed by atoms with E-state index in [2.05, 4.69) is 4.52 Å². The maximum absolute atomic E-state index is 10.1. The van der Waals surface area contributed by atoms with E-state index in [0.29, 0.717) is 0 Å². The van der Waals surface area contributed by atoms with Crippen molar-refractivity contribution >= 4 is 14.5 Å². The zero-order valence-electron chi connectivity index (χ0n) is 6.34. The smallest absolute Gasteiger partial charge is 0.488 e. The lowest BCUT2D eigenvalue weighted by molar-refractivity contribution is -0.190. The van der Waals surface area contributed by atoms with E-state index < -0.39 is 26.6 Å². The molecule has 6 nitrogen and oxygen atoms in total. The predicted octanol–water partition coefficient (Wildman–Crippen LogP) is -1.67. The summed E-state index contributed by atoms with van der Waals surface area (Å²) in [5.41, 5.74) is -1.98. The quantitative estimate of drug-likeness (QED) is 0.402. The van der Waals surface area contributed by atoms with E-state index >= 15 is 0 Å². The van der Waals surface area contributed by atoms with Crippen LogP contribution in [0.2, 0.25) is 0 Å². The topological polar surface area (TPSA) is 107 Å². The van der Waals surface area contributed by atoms with Gasteiger partial charge >= 0.3 is 8.25 Å². The molecule has 0 aliphatic rings. The molecule has 0 rings (SSSR count). The van der Waals surface area contributed by atoms with Gasteiger partial charge in [-0.1, -0.05) is 0 Å². The molecule has 0 spiro atoms. The summed E-state index contributed by atoms with van der Waals surface area (Å²) in [6.07, 6.45) is -1.44. The Morgan fingerprint density at radius 2 is 2.33 bits per heavy atom. The molecule has 0 aromatic heterocycles. The molecule has 0 bridgehead atoms. The van der Waals surface area contributed by atoms with Gasteiger partial charge in [0.05, 0.1) is 0 Å². The highest BCUT2D eigenvalue weighted by molar-refractivity contribution is 7.30. The Bertz CT molecular complexity index is 179. The van der Waals surface area contributed by atoms with Crippen LogP contribution in [0, 0.1) is 0 Å². The van der Waals surface area contributed by atoms with Gasteiger partial charge in [0.15, 0.2) is 6.29 Å². The van der Waals surface area contributed by atoms with Gasteiger partial charge in [0.25, 0.3) is 0 Å². The van der Waals surface area contributed by atoms with Crippen molar-refractivity contribution in [2.45, 2.75) is 18.6 Å². The zero-order chi connectivity index (χ0) is 9.78. The lowest BCUT2D eigenvalue weighted by Gasteiger charge is -2.20. The van der Waals surface area contributed by atoms with Crippen molar-refractivity contribution < 1.29 is 29.0 Å². The van der Waals surface area contributed by atoms with Gasteiger partial charge in [-0.15, -0.1) is 4.52 Å². The highest BCUT2D eigenvalue weighted by atomic mass is 31.1. The summed E-state index contributed by atoms with van der Waals surface area (Å²) in [6, 6.07) is 0. The van der Waals surface area contributed by atoms with E-state index in [-0.39, 0.29) is 6.29 Å². The third-order valence-corrected chi connectivity index (χ3v) is 1.61. The third-order valence-electron chi connectivity index (χ3n) is 1.25. The second-order valence-electron chi connectivity index (χ2n) is 2.38. The van der Waals surface area contributed by atoms with Gasteiger partial charge in [0.2, 0.25) is 0 Å². The lowest BCUT2D eigenvalue weighted by Crippen LogP contribution is -2.43. The van der Waals surface area contributed by atoms with Gasteiger partial charge in [-0.25, -0.2) is 0 Å². The second kappa shape index (κ2) is 4.59. The largest absolute Gasteiger partial charge is 0.566 e. The van der Waals surface area contributed by atoms with Crippen molar-refractivity contribution in [1.29, 1.82) is 0 Å². The summed E-state index contributed by atoms with van der Waals surface area (Å²) < 4.78 is 13.8. The monoisotopic (exact) mass is 196 g/mol. The number of hydrogen-bond acceptors (Lipinski definition) is 6. The van der Waals surface area contributed by atoms with Crippen molar-refractivity contribution in [3.8, 4) is 0 Å². The highest BCUT2D eigenvalue weighted by Gasteiger charge is 2.31. The molecule has 0 radical (unpaired) electrons. The molecule has 0 aromatic carbocycles. The maximum atomic E-state index is 10.1. The fourth-order valence-corrected chi connectivity index (χ4v) is 0.642. The molecular weight excluding hydrogens is 187 g/mol. The Kier molecular flexibility index (Phi) is 4.44. The summed E-state index contributed by atoms with van der Waals surface area (Å²) in [5.74, 6) is 0. The number of hydrogen-bond donors (Lipinski definition) is 2. The normalized spacial score (nSPS) is 19.5. The number of carbonyl (C=O) groups is 1. The minimum Gasteiger partial charge on any atom is -0.566 e. The number of aldehydes is 1. The molecule has 12 heavy (non-hydrogen) atoms. The van der Waals surface area contributed by atoms with Crippen molar-refractivity contribution in [3.63, 3.8) is 0 Å². The first kappa shape index (κ1) is 11.6. The summed E-state index contributed by atoms with van der Waals surface area (Å²) in [5, 5.41) is 18.0. The maximum Gasteiger partial charge on any atom is 0.488 e. The van der Waals surface area contributed by atoms with E-state index in [9.17, 15) is 14.3 Å².